The monoisotopic (exact) mass is 401 g/mol. The second kappa shape index (κ2) is 7.55. The first-order valence-corrected chi connectivity index (χ1v) is 10.8. The van der Waals surface area contributed by atoms with Crippen molar-refractivity contribution in [2.45, 2.75) is 18.9 Å². The van der Waals surface area contributed by atoms with Gasteiger partial charge in [0, 0.05) is 13.7 Å². The molecular formula is C16H20FN3O4S2. The normalized spacial score (nSPS) is 17.9. The van der Waals surface area contributed by atoms with Gasteiger partial charge in [0.25, 0.3) is 0 Å². The van der Waals surface area contributed by atoms with Gasteiger partial charge >= 0.3 is 0 Å². The van der Waals surface area contributed by atoms with Crippen LogP contribution in [0.4, 0.5) is 9.52 Å². The van der Waals surface area contributed by atoms with E-state index in [2.05, 4.69) is 4.98 Å². The zero-order chi connectivity index (χ0) is 18.9. The molecule has 0 radical (unpaired) electrons. The Kier molecular flexibility index (Phi) is 5.56. The van der Waals surface area contributed by atoms with Crippen molar-refractivity contribution >= 4 is 42.6 Å². The smallest absolute Gasteiger partial charge is 0.244 e. The van der Waals surface area contributed by atoms with Gasteiger partial charge in [0.2, 0.25) is 15.9 Å². The van der Waals surface area contributed by atoms with E-state index in [0.717, 1.165) is 23.4 Å². The van der Waals surface area contributed by atoms with Crippen LogP contribution in [-0.2, 0) is 19.6 Å². The summed E-state index contributed by atoms with van der Waals surface area (Å²) in [6.07, 6.45) is 2.67. The third kappa shape index (κ3) is 4.37. The van der Waals surface area contributed by atoms with Crippen molar-refractivity contribution in [3.05, 3.63) is 24.0 Å². The van der Waals surface area contributed by atoms with Crippen LogP contribution in [0.3, 0.4) is 0 Å². The molecule has 0 spiro atoms. The zero-order valence-corrected chi connectivity index (χ0v) is 16.1. The fraction of sp³-hybridized carbons (Fsp3) is 0.500. The molecule has 0 N–H and O–H groups in total. The van der Waals surface area contributed by atoms with Crippen molar-refractivity contribution in [3.63, 3.8) is 0 Å². The third-order valence-corrected chi connectivity index (χ3v) is 6.51. The van der Waals surface area contributed by atoms with Gasteiger partial charge in [0.05, 0.1) is 35.7 Å². The van der Waals surface area contributed by atoms with Crippen molar-refractivity contribution in [2.75, 3.05) is 37.9 Å². The van der Waals surface area contributed by atoms with E-state index in [9.17, 15) is 17.6 Å². The number of hydrogen-bond acceptors (Lipinski definition) is 6. The fourth-order valence-corrected chi connectivity index (χ4v) is 4.04. The minimum absolute atomic E-state index is 0.119. The minimum Gasteiger partial charge on any atom is -0.376 e. The zero-order valence-electron chi connectivity index (χ0n) is 14.5. The second-order valence-electron chi connectivity index (χ2n) is 6.27. The Balaban J connectivity index is 1.89. The lowest BCUT2D eigenvalue weighted by Gasteiger charge is -2.25. The molecule has 2 aromatic rings. The van der Waals surface area contributed by atoms with Crippen molar-refractivity contribution in [1.29, 1.82) is 0 Å². The highest BCUT2D eigenvalue weighted by atomic mass is 32.2. The molecule has 0 aliphatic carbocycles. The molecule has 2 heterocycles. The van der Waals surface area contributed by atoms with E-state index < -0.39 is 15.9 Å². The summed E-state index contributed by atoms with van der Waals surface area (Å²) in [7, 11) is -2.13. The maximum absolute atomic E-state index is 13.4. The van der Waals surface area contributed by atoms with E-state index in [1.807, 2.05) is 0 Å². The lowest BCUT2D eigenvalue weighted by atomic mass is 10.2. The molecule has 1 fully saturated rings. The molecule has 1 aromatic heterocycles. The van der Waals surface area contributed by atoms with Gasteiger partial charge in [0.1, 0.15) is 5.82 Å². The summed E-state index contributed by atoms with van der Waals surface area (Å²) in [5.41, 5.74) is 0.591. The van der Waals surface area contributed by atoms with E-state index in [0.29, 0.717) is 28.5 Å². The number of amides is 1. The van der Waals surface area contributed by atoms with Crippen LogP contribution >= 0.6 is 11.3 Å². The second-order valence-corrected chi connectivity index (χ2v) is 9.37. The lowest BCUT2D eigenvalue weighted by Crippen LogP contribution is -2.44. The maximum Gasteiger partial charge on any atom is 0.244 e. The summed E-state index contributed by atoms with van der Waals surface area (Å²) in [4.78, 5) is 18.7. The highest BCUT2D eigenvalue weighted by Crippen LogP contribution is 2.30. The standard InChI is InChI=1S/C16H20FN3O4S2/c1-19(26(2,22)23)10-15(21)20(9-12-4-3-7-24-12)16-18-13-6-5-11(17)8-14(13)25-16/h5-6,8,12H,3-4,7,9-10H2,1-2H3. The Morgan fingerprint density at radius 3 is 2.88 bits per heavy atom. The lowest BCUT2D eigenvalue weighted by molar-refractivity contribution is -0.119. The molecule has 10 heteroatoms. The molecule has 7 nitrogen and oxygen atoms in total. The number of ether oxygens (including phenoxy) is 1. The van der Waals surface area contributed by atoms with Crippen molar-refractivity contribution in [2.24, 2.45) is 0 Å². The molecule has 1 aliphatic rings. The number of likely N-dealkylation sites (N-methyl/N-ethyl adjacent to an activating group) is 1. The largest absolute Gasteiger partial charge is 0.376 e. The molecule has 3 rings (SSSR count). The van der Waals surface area contributed by atoms with Gasteiger partial charge in [-0.1, -0.05) is 11.3 Å². The van der Waals surface area contributed by atoms with Gasteiger partial charge in [-0.05, 0) is 31.0 Å². The Labute approximate surface area is 155 Å². The number of fused-ring (bicyclic) bond motifs is 1. The van der Waals surface area contributed by atoms with E-state index in [-0.39, 0.29) is 18.5 Å². The van der Waals surface area contributed by atoms with Crippen LogP contribution < -0.4 is 4.90 Å². The topological polar surface area (TPSA) is 79.8 Å². The number of thiazole rings is 1. The number of carbonyl (C=O) groups excluding carboxylic acids is 1. The number of carbonyl (C=O) groups is 1. The fourth-order valence-electron chi connectivity index (χ4n) is 2.67. The highest BCUT2D eigenvalue weighted by molar-refractivity contribution is 7.88. The van der Waals surface area contributed by atoms with Gasteiger partial charge in [-0.3, -0.25) is 9.69 Å². The Morgan fingerprint density at radius 2 is 2.23 bits per heavy atom. The van der Waals surface area contributed by atoms with Crippen molar-refractivity contribution < 1.29 is 22.3 Å². The molecule has 1 aliphatic heterocycles. The summed E-state index contributed by atoms with van der Waals surface area (Å²) in [6.45, 7) is 0.634. The van der Waals surface area contributed by atoms with Crippen molar-refractivity contribution in [3.8, 4) is 0 Å². The Bertz CT molecular complexity index is 909. The molecule has 1 unspecified atom stereocenters. The molecule has 26 heavy (non-hydrogen) atoms. The summed E-state index contributed by atoms with van der Waals surface area (Å²) >= 11 is 1.20. The minimum atomic E-state index is -3.48. The third-order valence-electron chi connectivity index (χ3n) is 4.21. The predicted octanol–water partition coefficient (Wildman–Crippen LogP) is 1.84. The van der Waals surface area contributed by atoms with Crippen LogP contribution in [0, 0.1) is 5.82 Å². The van der Waals surface area contributed by atoms with E-state index in [4.69, 9.17) is 4.74 Å². The van der Waals surface area contributed by atoms with Crippen LogP contribution in [0.2, 0.25) is 0 Å². The van der Waals surface area contributed by atoms with Crippen LogP contribution in [0.15, 0.2) is 18.2 Å². The van der Waals surface area contributed by atoms with Gasteiger partial charge < -0.3 is 4.74 Å². The number of halogens is 1. The molecule has 1 aromatic carbocycles. The molecule has 1 saturated heterocycles. The van der Waals surface area contributed by atoms with Crippen LogP contribution in [-0.4, -0.2) is 62.7 Å². The average molecular weight is 401 g/mol. The van der Waals surface area contributed by atoms with Crippen LogP contribution in [0.5, 0.6) is 0 Å². The molecule has 142 valence electrons. The Hall–Kier alpha value is -1.62. The van der Waals surface area contributed by atoms with Gasteiger partial charge in [-0.15, -0.1) is 0 Å². The maximum atomic E-state index is 13.4. The molecule has 0 bridgehead atoms. The van der Waals surface area contributed by atoms with Gasteiger partial charge in [0.15, 0.2) is 5.13 Å². The number of aromatic nitrogens is 1. The molecule has 1 amide bonds. The van der Waals surface area contributed by atoms with E-state index in [1.165, 1.54) is 35.4 Å². The number of anilines is 1. The van der Waals surface area contributed by atoms with E-state index >= 15 is 0 Å². The first-order chi connectivity index (χ1) is 12.2. The van der Waals surface area contributed by atoms with Crippen LogP contribution in [0.25, 0.3) is 10.2 Å². The van der Waals surface area contributed by atoms with Gasteiger partial charge in [-0.2, -0.15) is 4.31 Å². The average Bonchev–Trinajstić information content (AvgIpc) is 3.19. The highest BCUT2D eigenvalue weighted by Gasteiger charge is 2.28. The summed E-state index contributed by atoms with van der Waals surface area (Å²) in [6, 6.07) is 4.24. The first kappa shape index (κ1) is 19.2. The Morgan fingerprint density at radius 1 is 1.46 bits per heavy atom. The number of rotatable bonds is 6. The first-order valence-electron chi connectivity index (χ1n) is 8.13. The number of nitrogens with zero attached hydrogens (tertiary/aromatic N) is 3. The SMILES string of the molecule is CN(CC(=O)N(CC1CCCO1)c1nc2ccc(F)cc2s1)S(C)(=O)=O. The molecule has 1 atom stereocenters. The van der Waals surface area contributed by atoms with E-state index in [1.54, 1.807) is 6.07 Å². The van der Waals surface area contributed by atoms with Gasteiger partial charge in [-0.25, -0.2) is 17.8 Å². The summed E-state index contributed by atoms with van der Waals surface area (Å²) < 4.78 is 43.9. The molecule has 0 saturated carbocycles. The quantitative estimate of drug-likeness (QED) is 0.738. The number of benzene rings is 1. The van der Waals surface area contributed by atoms with Crippen molar-refractivity contribution in [1.82, 2.24) is 9.29 Å². The summed E-state index contributed by atoms with van der Waals surface area (Å²) in [5, 5.41) is 0.410. The molecular weight excluding hydrogens is 381 g/mol. The number of sulfonamides is 1. The predicted molar refractivity (Wildman–Crippen MR) is 98.4 cm³/mol. The number of hydrogen-bond donors (Lipinski definition) is 0. The van der Waals surface area contributed by atoms with Crippen LogP contribution in [0.1, 0.15) is 12.8 Å². The summed E-state index contributed by atoms with van der Waals surface area (Å²) in [5.74, 6) is -0.769.